The molecule has 29 heavy (non-hydrogen) atoms. The van der Waals surface area contributed by atoms with E-state index in [-0.39, 0.29) is 4.90 Å². The molecule has 4 aromatic rings. The molecule has 0 fully saturated rings. The van der Waals surface area contributed by atoms with E-state index in [0.29, 0.717) is 10.7 Å². The van der Waals surface area contributed by atoms with E-state index < -0.39 is 10.0 Å². The first-order chi connectivity index (χ1) is 13.9. The lowest BCUT2D eigenvalue weighted by Gasteiger charge is -2.08. The molecular formula is C22H17ClN2O2S2. The van der Waals surface area contributed by atoms with Gasteiger partial charge < -0.3 is 0 Å². The fourth-order valence-electron chi connectivity index (χ4n) is 2.88. The van der Waals surface area contributed by atoms with Gasteiger partial charge in [0.25, 0.3) is 10.0 Å². The molecule has 0 bridgehead atoms. The number of aryl methyl sites for hydroxylation is 1. The van der Waals surface area contributed by atoms with Gasteiger partial charge in [0.05, 0.1) is 10.6 Å². The Morgan fingerprint density at radius 3 is 2.31 bits per heavy atom. The first-order valence-electron chi connectivity index (χ1n) is 8.83. The average molecular weight is 441 g/mol. The quantitative estimate of drug-likeness (QED) is 0.399. The molecular weight excluding hydrogens is 424 g/mol. The SMILES string of the molecule is Cc1ccccc1-c1nc(-c2ccc(NS(=O)(=O)c3ccc(Cl)cc3)cc2)cs1. The third-order valence-electron chi connectivity index (χ3n) is 4.44. The highest BCUT2D eigenvalue weighted by molar-refractivity contribution is 7.92. The molecule has 1 heterocycles. The van der Waals surface area contributed by atoms with Crippen molar-refractivity contribution in [2.75, 3.05) is 4.72 Å². The van der Waals surface area contributed by atoms with Crippen molar-refractivity contribution in [2.24, 2.45) is 0 Å². The topological polar surface area (TPSA) is 59.1 Å². The third-order valence-corrected chi connectivity index (χ3v) is 6.96. The van der Waals surface area contributed by atoms with Gasteiger partial charge in [0.1, 0.15) is 5.01 Å². The summed E-state index contributed by atoms with van der Waals surface area (Å²) >= 11 is 7.42. The molecule has 0 aliphatic carbocycles. The number of anilines is 1. The molecule has 0 aliphatic rings. The molecule has 3 aromatic carbocycles. The Bertz CT molecular complexity index is 1250. The minimum atomic E-state index is -3.67. The van der Waals surface area contributed by atoms with Gasteiger partial charge in [-0.2, -0.15) is 0 Å². The van der Waals surface area contributed by atoms with E-state index >= 15 is 0 Å². The van der Waals surface area contributed by atoms with E-state index in [2.05, 4.69) is 23.8 Å². The number of rotatable bonds is 5. The molecule has 7 heteroatoms. The van der Waals surface area contributed by atoms with Crippen LogP contribution in [0.3, 0.4) is 0 Å². The van der Waals surface area contributed by atoms with E-state index in [0.717, 1.165) is 21.8 Å². The van der Waals surface area contributed by atoms with Crippen LogP contribution >= 0.6 is 22.9 Å². The van der Waals surface area contributed by atoms with E-state index in [4.69, 9.17) is 16.6 Å². The summed E-state index contributed by atoms with van der Waals surface area (Å²) in [6, 6.07) is 21.4. The van der Waals surface area contributed by atoms with Gasteiger partial charge in [-0.3, -0.25) is 4.72 Å². The zero-order valence-electron chi connectivity index (χ0n) is 15.5. The molecule has 4 rings (SSSR count). The number of hydrogen-bond donors (Lipinski definition) is 1. The standard InChI is InChI=1S/C22H17ClN2O2S2/c1-15-4-2-3-5-20(15)22-24-21(14-28-22)16-6-10-18(11-7-16)25-29(26,27)19-12-8-17(23)9-13-19/h2-14,25H,1H3. The van der Waals surface area contributed by atoms with E-state index in [1.54, 1.807) is 35.6 Å². The molecule has 0 spiro atoms. The summed E-state index contributed by atoms with van der Waals surface area (Å²) in [5.74, 6) is 0. The monoisotopic (exact) mass is 440 g/mol. The highest BCUT2D eigenvalue weighted by Crippen LogP contribution is 2.31. The normalized spacial score (nSPS) is 11.4. The van der Waals surface area contributed by atoms with Crippen LogP contribution in [0, 0.1) is 6.92 Å². The van der Waals surface area contributed by atoms with Crippen LogP contribution in [0.2, 0.25) is 5.02 Å². The Morgan fingerprint density at radius 1 is 0.931 bits per heavy atom. The second-order valence-corrected chi connectivity index (χ2v) is 9.47. The van der Waals surface area contributed by atoms with Crippen molar-refractivity contribution >= 4 is 38.6 Å². The zero-order valence-corrected chi connectivity index (χ0v) is 17.9. The van der Waals surface area contributed by atoms with Crippen LogP contribution in [0.15, 0.2) is 83.1 Å². The molecule has 0 amide bonds. The second-order valence-electron chi connectivity index (χ2n) is 6.49. The van der Waals surface area contributed by atoms with E-state index in [9.17, 15) is 8.42 Å². The van der Waals surface area contributed by atoms with E-state index in [1.165, 1.54) is 17.7 Å². The van der Waals surface area contributed by atoms with Gasteiger partial charge in [0.2, 0.25) is 0 Å². The lowest BCUT2D eigenvalue weighted by Crippen LogP contribution is -2.12. The van der Waals surface area contributed by atoms with Crippen LogP contribution < -0.4 is 4.72 Å². The van der Waals surface area contributed by atoms with Gasteiger partial charge in [0, 0.05) is 27.2 Å². The van der Waals surface area contributed by atoms with Gasteiger partial charge in [-0.15, -0.1) is 11.3 Å². The maximum Gasteiger partial charge on any atom is 0.261 e. The number of hydrogen-bond acceptors (Lipinski definition) is 4. The highest BCUT2D eigenvalue weighted by Gasteiger charge is 2.14. The van der Waals surface area contributed by atoms with Gasteiger partial charge in [-0.1, -0.05) is 48.0 Å². The minimum Gasteiger partial charge on any atom is -0.280 e. The molecule has 0 saturated heterocycles. The number of sulfonamides is 1. The Labute approximate surface area is 178 Å². The first-order valence-corrected chi connectivity index (χ1v) is 11.6. The van der Waals surface area contributed by atoms with Crippen molar-refractivity contribution < 1.29 is 8.42 Å². The van der Waals surface area contributed by atoms with Crippen molar-refractivity contribution in [3.63, 3.8) is 0 Å². The van der Waals surface area contributed by atoms with Crippen LogP contribution in [-0.2, 0) is 10.0 Å². The summed E-state index contributed by atoms with van der Waals surface area (Å²) < 4.78 is 27.6. The molecule has 0 unspecified atom stereocenters. The predicted octanol–water partition coefficient (Wildman–Crippen LogP) is 6.24. The zero-order chi connectivity index (χ0) is 20.4. The number of nitrogens with one attached hydrogen (secondary N) is 1. The van der Waals surface area contributed by atoms with Gasteiger partial charge in [0.15, 0.2) is 0 Å². The number of benzene rings is 3. The van der Waals surface area contributed by atoms with Crippen molar-refractivity contribution in [2.45, 2.75) is 11.8 Å². The van der Waals surface area contributed by atoms with Crippen LogP contribution in [0.25, 0.3) is 21.8 Å². The Morgan fingerprint density at radius 2 is 1.62 bits per heavy atom. The maximum atomic E-state index is 12.5. The van der Waals surface area contributed by atoms with Crippen molar-refractivity contribution in [3.05, 3.63) is 88.8 Å². The van der Waals surface area contributed by atoms with Crippen LogP contribution in [0.1, 0.15) is 5.56 Å². The summed E-state index contributed by atoms with van der Waals surface area (Å²) in [6.07, 6.45) is 0. The summed E-state index contributed by atoms with van der Waals surface area (Å²) in [7, 11) is -3.67. The van der Waals surface area contributed by atoms with Crippen molar-refractivity contribution in [1.82, 2.24) is 4.98 Å². The predicted molar refractivity (Wildman–Crippen MR) is 120 cm³/mol. The Balaban J connectivity index is 1.54. The molecule has 0 saturated carbocycles. The minimum absolute atomic E-state index is 0.161. The average Bonchev–Trinajstić information content (AvgIpc) is 3.19. The third kappa shape index (κ3) is 4.34. The van der Waals surface area contributed by atoms with Gasteiger partial charge >= 0.3 is 0 Å². The summed E-state index contributed by atoms with van der Waals surface area (Å²) in [4.78, 5) is 4.90. The fourth-order valence-corrected chi connectivity index (χ4v) is 4.98. The molecule has 0 atom stereocenters. The van der Waals surface area contributed by atoms with Crippen molar-refractivity contribution in [1.29, 1.82) is 0 Å². The molecule has 4 nitrogen and oxygen atoms in total. The number of nitrogens with zero attached hydrogens (tertiary/aromatic N) is 1. The number of halogens is 1. The summed E-state index contributed by atoms with van der Waals surface area (Å²) in [5, 5.41) is 3.46. The lowest BCUT2D eigenvalue weighted by atomic mass is 10.1. The Kier molecular flexibility index (Phi) is 5.41. The largest absolute Gasteiger partial charge is 0.280 e. The van der Waals surface area contributed by atoms with Gasteiger partial charge in [-0.05, 0) is 48.9 Å². The van der Waals surface area contributed by atoms with Crippen LogP contribution in [0.4, 0.5) is 5.69 Å². The highest BCUT2D eigenvalue weighted by atomic mass is 35.5. The van der Waals surface area contributed by atoms with Crippen LogP contribution in [-0.4, -0.2) is 13.4 Å². The number of thiazole rings is 1. The van der Waals surface area contributed by atoms with E-state index in [1.807, 2.05) is 29.6 Å². The van der Waals surface area contributed by atoms with Crippen molar-refractivity contribution in [3.8, 4) is 21.8 Å². The molecule has 0 aliphatic heterocycles. The fraction of sp³-hybridized carbons (Fsp3) is 0.0455. The second kappa shape index (κ2) is 7.99. The first kappa shape index (κ1) is 19.6. The maximum absolute atomic E-state index is 12.5. The van der Waals surface area contributed by atoms with Crippen LogP contribution in [0.5, 0.6) is 0 Å². The molecule has 1 N–H and O–H groups in total. The smallest absolute Gasteiger partial charge is 0.261 e. The molecule has 146 valence electrons. The van der Waals surface area contributed by atoms with Gasteiger partial charge in [-0.25, -0.2) is 13.4 Å². The lowest BCUT2D eigenvalue weighted by molar-refractivity contribution is 0.601. The molecule has 1 aromatic heterocycles. The summed E-state index contributed by atoms with van der Waals surface area (Å²) in [6.45, 7) is 2.07. The summed E-state index contributed by atoms with van der Waals surface area (Å²) in [5.41, 5.74) is 4.57. The Hall–Kier alpha value is -2.67. The number of aromatic nitrogens is 1. The molecule has 0 radical (unpaired) electrons.